The molecule has 0 aliphatic rings. The van der Waals surface area contributed by atoms with E-state index in [-0.39, 0.29) is 12.3 Å². The van der Waals surface area contributed by atoms with Crippen LogP contribution >= 0.6 is 0 Å². The Bertz CT molecular complexity index is 1190. The van der Waals surface area contributed by atoms with Gasteiger partial charge in [0.2, 0.25) is 0 Å². The molecule has 1 unspecified atom stereocenters. The molecule has 1 aromatic heterocycles. The molecular formula is C27H27NO3. The summed E-state index contributed by atoms with van der Waals surface area (Å²) < 4.78 is 8.25. The molecule has 4 rings (SSSR count). The predicted molar refractivity (Wildman–Crippen MR) is 124 cm³/mol. The molecule has 0 aliphatic carbocycles. The Morgan fingerprint density at radius 2 is 1.71 bits per heavy atom. The number of nitrogens with zero attached hydrogens (tertiary/aromatic N) is 1. The lowest BCUT2D eigenvalue weighted by Gasteiger charge is -2.17. The van der Waals surface area contributed by atoms with E-state index in [1.165, 1.54) is 11.1 Å². The Kier molecular flexibility index (Phi) is 6.08. The summed E-state index contributed by atoms with van der Waals surface area (Å²) in [5.41, 5.74) is 4.47. The number of aromatic nitrogens is 1. The van der Waals surface area contributed by atoms with Crippen molar-refractivity contribution in [3.05, 3.63) is 95.7 Å². The minimum absolute atomic E-state index is 0.0218. The van der Waals surface area contributed by atoms with E-state index in [4.69, 9.17) is 4.74 Å². The van der Waals surface area contributed by atoms with Gasteiger partial charge in [-0.2, -0.15) is 0 Å². The summed E-state index contributed by atoms with van der Waals surface area (Å²) in [4.78, 5) is 11.8. The Balaban J connectivity index is 1.81. The van der Waals surface area contributed by atoms with Gasteiger partial charge < -0.3 is 14.4 Å². The number of para-hydroxylation sites is 2. The smallest absolute Gasteiger partial charge is 0.304 e. The third-order valence-corrected chi connectivity index (χ3v) is 5.73. The number of hydrogen-bond acceptors (Lipinski definition) is 2. The second-order valence-corrected chi connectivity index (χ2v) is 7.68. The molecule has 0 fully saturated rings. The molecule has 0 saturated carbocycles. The number of rotatable bonds is 8. The minimum atomic E-state index is -0.816. The summed E-state index contributed by atoms with van der Waals surface area (Å²) >= 11 is 0. The fraction of sp³-hybridized carbons (Fsp3) is 0.222. The lowest BCUT2D eigenvalue weighted by molar-refractivity contribution is -0.137. The highest BCUT2D eigenvalue weighted by Gasteiger charge is 2.23. The van der Waals surface area contributed by atoms with E-state index in [0.717, 1.165) is 35.2 Å². The van der Waals surface area contributed by atoms with Gasteiger partial charge in [-0.25, -0.2) is 0 Å². The first-order chi connectivity index (χ1) is 15.1. The van der Waals surface area contributed by atoms with Gasteiger partial charge >= 0.3 is 5.97 Å². The zero-order valence-corrected chi connectivity index (χ0v) is 17.9. The average molecular weight is 414 g/mol. The number of ether oxygens (including phenoxy) is 1. The van der Waals surface area contributed by atoms with Crippen molar-refractivity contribution in [1.29, 1.82) is 0 Å². The molecule has 0 aliphatic heterocycles. The number of hydrogen-bond donors (Lipinski definition) is 1. The molecular weight excluding hydrogens is 386 g/mol. The topological polar surface area (TPSA) is 51.5 Å². The van der Waals surface area contributed by atoms with Crippen LogP contribution in [0.2, 0.25) is 0 Å². The van der Waals surface area contributed by atoms with Crippen LogP contribution in [0.15, 0.2) is 79.0 Å². The lowest BCUT2D eigenvalue weighted by Crippen LogP contribution is -2.08. The standard InChI is InChI=1S/C27H27NO3/c1-3-19-10-9-15-23-25(18-28(4-2)27(19)23)24(17-26(29)30)20-11-8-14-22(16-20)31-21-12-6-5-7-13-21/h5-16,18,24H,3-4,17H2,1-2H3,(H,29,30). The van der Waals surface area contributed by atoms with Crippen molar-refractivity contribution in [3.8, 4) is 11.5 Å². The van der Waals surface area contributed by atoms with Crippen LogP contribution in [-0.4, -0.2) is 15.6 Å². The normalized spacial score (nSPS) is 12.1. The maximum Gasteiger partial charge on any atom is 0.304 e. The van der Waals surface area contributed by atoms with Gasteiger partial charge in [-0.05, 0) is 54.3 Å². The first kappa shape index (κ1) is 20.7. The molecule has 1 N–H and O–H groups in total. The summed E-state index contributed by atoms with van der Waals surface area (Å²) in [7, 11) is 0. The number of carboxylic acids is 1. The lowest BCUT2D eigenvalue weighted by atomic mass is 9.88. The van der Waals surface area contributed by atoms with E-state index in [1.54, 1.807) is 0 Å². The maximum absolute atomic E-state index is 11.8. The van der Waals surface area contributed by atoms with E-state index in [1.807, 2.05) is 54.6 Å². The number of fused-ring (bicyclic) bond motifs is 1. The number of carboxylic acid groups (broad SMARTS) is 1. The molecule has 0 saturated heterocycles. The quantitative estimate of drug-likeness (QED) is 0.353. The molecule has 0 spiro atoms. The predicted octanol–water partition coefficient (Wildman–Crippen LogP) is 6.62. The Hall–Kier alpha value is -3.53. The molecule has 31 heavy (non-hydrogen) atoms. The fourth-order valence-electron chi connectivity index (χ4n) is 4.28. The second-order valence-electron chi connectivity index (χ2n) is 7.68. The van der Waals surface area contributed by atoms with Crippen molar-refractivity contribution in [2.45, 2.75) is 39.2 Å². The molecule has 3 aromatic carbocycles. The van der Waals surface area contributed by atoms with Gasteiger partial charge in [0.25, 0.3) is 0 Å². The van der Waals surface area contributed by atoms with E-state index in [2.05, 4.69) is 42.8 Å². The van der Waals surface area contributed by atoms with E-state index in [9.17, 15) is 9.90 Å². The van der Waals surface area contributed by atoms with Gasteiger partial charge in [0.05, 0.1) is 11.9 Å². The van der Waals surface area contributed by atoms with Crippen LogP contribution in [0.25, 0.3) is 10.9 Å². The van der Waals surface area contributed by atoms with Crippen LogP contribution in [0, 0.1) is 0 Å². The average Bonchev–Trinajstić information content (AvgIpc) is 3.17. The molecule has 0 radical (unpaired) electrons. The summed E-state index contributed by atoms with van der Waals surface area (Å²) in [5.74, 6) is 0.375. The number of aryl methyl sites for hydroxylation is 2. The van der Waals surface area contributed by atoms with Gasteiger partial charge in [-0.1, -0.05) is 55.5 Å². The van der Waals surface area contributed by atoms with Gasteiger partial charge in [0.15, 0.2) is 0 Å². The van der Waals surface area contributed by atoms with Crippen molar-refractivity contribution in [2.75, 3.05) is 0 Å². The highest BCUT2D eigenvalue weighted by atomic mass is 16.5. The SMILES string of the molecule is CCc1cccc2c(C(CC(=O)O)c3cccc(Oc4ccccc4)c3)cn(CC)c12. The van der Waals surface area contributed by atoms with Crippen molar-refractivity contribution in [1.82, 2.24) is 4.57 Å². The Morgan fingerprint density at radius 3 is 2.42 bits per heavy atom. The molecule has 1 atom stereocenters. The van der Waals surface area contributed by atoms with Crippen LogP contribution in [0.5, 0.6) is 11.5 Å². The number of benzene rings is 3. The van der Waals surface area contributed by atoms with Crippen LogP contribution in [0.3, 0.4) is 0 Å². The molecule has 0 amide bonds. The molecule has 4 nitrogen and oxygen atoms in total. The molecule has 0 bridgehead atoms. The van der Waals surface area contributed by atoms with Crippen LogP contribution < -0.4 is 4.74 Å². The summed E-state index contributed by atoms with van der Waals surface area (Å²) in [6.07, 6.45) is 3.08. The minimum Gasteiger partial charge on any atom is -0.481 e. The highest BCUT2D eigenvalue weighted by Crippen LogP contribution is 2.37. The van der Waals surface area contributed by atoms with Crippen molar-refractivity contribution in [2.24, 2.45) is 0 Å². The highest BCUT2D eigenvalue weighted by molar-refractivity contribution is 5.88. The third-order valence-electron chi connectivity index (χ3n) is 5.73. The summed E-state index contributed by atoms with van der Waals surface area (Å²) in [6.45, 7) is 5.11. The first-order valence-corrected chi connectivity index (χ1v) is 10.8. The fourth-order valence-corrected chi connectivity index (χ4v) is 4.28. The van der Waals surface area contributed by atoms with Gasteiger partial charge in [-0.3, -0.25) is 4.79 Å². The maximum atomic E-state index is 11.8. The van der Waals surface area contributed by atoms with Gasteiger partial charge in [0, 0.05) is 24.0 Å². The molecule has 1 heterocycles. The monoisotopic (exact) mass is 413 g/mol. The summed E-state index contributed by atoms with van der Waals surface area (Å²) in [6, 6.07) is 23.7. The van der Waals surface area contributed by atoms with Crippen molar-refractivity contribution >= 4 is 16.9 Å². The largest absolute Gasteiger partial charge is 0.481 e. The zero-order chi connectivity index (χ0) is 21.8. The van der Waals surface area contributed by atoms with E-state index in [0.29, 0.717) is 5.75 Å². The number of carbonyl (C=O) groups is 1. The molecule has 158 valence electrons. The summed E-state index contributed by atoms with van der Waals surface area (Å²) in [5, 5.41) is 10.8. The van der Waals surface area contributed by atoms with Crippen LogP contribution in [0.1, 0.15) is 42.9 Å². The van der Waals surface area contributed by atoms with Crippen molar-refractivity contribution in [3.63, 3.8) is 0 Å². The molecule has 4 aromatic rings. The first-order valence-electron chi connectivity index (χ1n) is 10.8. The third kappa shape index (κ3) is 4.33. The van der Waals surface area contributed by atoms with Crippen molar-refractivity contribution < 1.29 is 14.6 Å². The van der Waals surface area contributed by atoms with E-state index < -0.39 is 5.97 Å². The van der Waals surface area contributed by atoms with Crippen LogP contribution in [-0.2, 0) is 17.8 Å². The van der Waals surface area contributed by atoms with Gasteiger partial charge in [-0.15, -0.1) is 0 Å². The Morgan fingerprint density at radius 1 is 0.968 bits per heavy atom. The van der Waals surface area contributed by atoms with Crippen LogP contribution in [0.4, 0.5) is 0 Å². The Labute approximate surface area is 182 Å². The van der Waals surface area contributed by atoms with Gasteiger partial charge in [0.1, 0.15) is 11.5 Å². The number of aliphatic carboxylic acids is 1. The van der Waals surface area contributed by atoms with E-state index >= 15 is 0 Å². The zero-order valence-electron chi connectivity index (χ0n) is 17.9. The second kappa shape index (κ2) is 9.09. The molecule has 4 heteroatoms.